The Bertz CT molecular complexity index is 790. The number of nitrogens with zero attached hydrogens (tertiary/aromatic N) is 2. The van der Waals surface area contributed by atoms with Gasteiger partial charge in [0.1, 0.15) is 0 Å². The lowest BCUT2D eigenvalue weighted by atomic mass is 10.2. The van der Waals surface area contributed by atoms with Crippen LogP contribution in [0.25, 0.3) is 0 Å². The number of hydrogen-bond donors (Lipinski definition) is 0. The number of aliphatic imine (C=N–C) groups is 1. The van der Waals surface area contributed by atoms with Gasteiger partial charge in [-0.2, -0.15) is 0 Å². The molecule has 2 aromatic rings. The highest BCUT2D eigenvalue weighted by Crippen LogP contribution is 2.22. The predicted molar refractivity (Wildman–Crippen MR) is 92.2 cm³/mol. The second-order valence-electron chi connectivity index (χ2n) is 5.52. The van der Waals surface area contributed by atoms with Crippen LogP contribution in [0.15, 0.2) is 47.5 Å². The largest absolute Gasteiger partial charge is 0.286 e. The normalized spacial score (nSPS) is 14.0. The van der Waals surface area contributed by atoms with Crippen molar-refractivity contribution in [3.05, 3.63) is 70.8 Å². The molecule has 124 valence electrons. The lowest BCUT2D eigenvalue weighted by Gasteiger charge is -2.18. The van der Waals surface area contributed by atoms with Crippen LogP contribution in [0.5, 0.6) is 0 Å². The smallest absolute Gasteiger partial charge is 0.259 e. The first-order chi connectivity index (χ1) is 11.5. The second kappa shape index (κ2) is 7.13. The van der Waals surface area contributed by atoms with Crippen LogP contribution in [0.2, 0.25) is 0 Å². The van der Waals surface area contributed by atoms with Gasteiger partial charge in [-0.15, -0.1) is 0 Å². The van der Waals surface area contributed by atoms with Crippen molar-refractivity contribution < 1.29 is 13.6 Å². The van der Waals surface area contributed by atoms with E-state index < -0.39 is 11.6 Å². The van der Waals surface area contributed by atoms with Gasteiger partial charge < -0.3 is 0 Å². The topological polar surface area (TPSA) is 32.7 Å². The third-order valence-corrected chi connectivity index (χ3v) is 4.79. The number of hydrogen-bond acceptors (Lipinski definition) is 3. The number of aryl methyl sites for hydroxylation is 1. The summed E-state index contributed by atoms with van der Waals surface area (Å²) in [6.45, 7) is 3.00. The molecule has 24 heavy (non-hydrogen) atoms. The number of rotatable bonds is 3. The van der Waals surface area contributed by atoms with Crippen LogP contribution >= 0.6 is 11.8 Å². The molecule has 1 heterocycles. The number of thioether (sulfide) groups is 1. The Balaban J connectivity index is 1.69. The van der Waals surface area contributed by atoms with Crippen molar-refractivity contribution in [3.63, 3.8) is 0 Å². The molecule has 0 spiro atoms. The van der Waals surface area contributed by atoms with Gasteiger partial charge in [-0.05, 0) is 30.7 Å². The Morgan fingerprint density at radius 1 is 1.17 bits per heavy atom. The standard InChI is InChI=1S/C18H16F2N2OS/c1-12-2-4-13(5-3-12)11-24-18-21-8-9-22(18)17(23)14-6-7-15(19)16(20)10-14/h2-7,10H,8-9,11H2,1H3. The highest BCUT2D eigenvalue weighted by atomic mass is 32.2. The van der Waals surface area contributed by atoms with Crippen LogP contribution in [0.1, 0.15) is 21.5 Å². The minimum Gasteiger partial charge on any atom is -0.286 e. The van der Waals surface area contributed by atoms with E-state index >= 15 is 0 Å². The van der Waals surface area contributed by atoms with Gasteiger partial charge in [-0.25, -0.2) is 8.78 Å². The molecule has 3 nitrogen and oxygen atoms in total. The summed E-state index contributed by atoms with van der Waals surface area (Å²) in [6.07, 6.45) is 0. The molecule has 1 aliphatic rings. The zero-order valence-corrected chi connectivity index (χ0v) is 13.9. The summed E-state index contributed by atoms with van der Waals surface area (Å²) in [5, 5.41) is 0.616. The highest BCUT2D eigenvalue weighted by Gasteiger charge is 2.25. The Morgan fingerprint density at radius 2 is 1.92 bits per heavy atom. The van der Waals surface area contributed by atoms with E-state index in [1.165, 1.54) is 28.3 Å². The molecular formula is C18H16F2N2OS. The van der Waals surface area contributed by atoms with Gasteiger partial charge in [0, 0.05) is 17.9 Å². The summed E-state index contributed by atoms with van der Waals surface area (Å²) in [5.74, 6) is -1.65. The van der Waals surface area contributed by atoms with E-state index in [1.807, 2.05) is 31.2 Å². The maximum Gasteiger partial charge on any atom is 0.259 e. The van der Waals surface area contributed by atoms with E-state index in [4.69, 9.17) is 0 Å². The summed E-state index contributed by atoms with van der Waals surface area (Å²) >= 11 is 1.47. The minimum atomic E-state index is -1.02. The summed E-state index contributed by atoms with van der Waals surface area (Å²) < 4.78 is 26.4. The van der Waals surface area contributed by atoms with Gasteiger partial charge in [-0.3, -0.25) is 14.7 Å². The molecule has 0 saturated carbocycles. The molecule has 0 aromatic heterocycles. The summed E-state index contributed by atoms with van der Waals surface area (Å²) in [7, 11) is 0. The molecule has 2 aromatic carbocycles. The number of benzene rings is 2. The van der Waals surface area contributed by atoms with E-state index in [2.05, 4.69) is 4.99 Å². The Labute approximate surface area is 143 Å². The van der Waals surface area contributed by atoms with Gasteiger partial charge in [0.05, 0.1) is 6.54 Å². The molecule has 0 bridgehead atoms. The van der Waals surface area contributed by atoms with Crippen LogP contribution in [-0.2, 0) is 5.75 Å². The van der Waals surface area contributed by atoms with Crippen LogP contribution in [0.4, 0.5) is 8.78 Å². The molecule has 0 radical (unpaired) electrons. The van der Waals surface area contributed by atoms with Crippen molar-refractivity contribution in [1.29, 1.82) is 0 Å². The predicted octanol–water partition coefficient (Wildman–Crippen LogP) is 4.02. The van der Waals surface area contributed by atoms with E-state index in [0.29, 0.717) is 24.0 Å². The maximum atomic E-state index is 13.3. The van der Waals surface area contributed by atoms with E-state index in [-0.39, 0.29) is 11.5 Å². The second-order valence-corrected chi connectivity index (χ2v) is 6.47. The van der Waals surface area contributed by atoms with Crippen LogP contribution in [-0.4, -0.2) is 29.1 Å². The summed E-state index contributed by atoms with van der Waals surface area (Å²) in [5.41, 5.74) is 2.46. The fourth-order valence-electron chi connectivity index (χ4n) is 2.36. The van der Waals surface area contributed by atoms with Crippen molar-refractivity contribution in [3.8, 4) is 0 Å². The van der Waals surface area contributed by atoms with Crippen LogP contribution in [0.3, 0.4) is 0 Å². The average Bonchev–Trinajstić information content (AvgIpc) is 3.05. The first kappa shape index (κ1) is 16.6. The molecule has 6 heteroatoms. The molecule has 0 saturated heterocycles. The van der Waals surface area contributed by atoms with Gasteiger partial charge >= 0.3 is 0 Å². The number of carbonyl (C=O) groups is 1. The van der Waals surface area contributed by atoms with Crippen molar-refractivity contribution in [2.45, 2.75) is 12.7 Å². The quantitative estimate of drug-likeness (QED) is 0.841. The molecule has 0 aliphatic carbocycles. The fraction of sp³-hybridized carbons (Fsp3) is 0.222. The third kappa shape index (κ3) is 3.64. The van der Waals surface area contributed by atoms with E-state index in [9.17, 15) is 13.6 Å². The Kier molecular flexibility index (Phi) is 4.94. The Hall–Kier alpha value is -2.21. The van der Waals surface area contributed by atoms with Crippen LogP contribution in [0, 0.1) is 18.6 Å². The number of amidine groups is 1. The molecule has 3 rings (SSSR count). The van der Waals surface area contributed by atoms with Crippen molar-refractivity contribution >= 4 is 22.8 Å². The fourth-order valence-corrected chi connectivity index (χ4v) is 3.36. The van der Waals surface area contributed by atoms with E-state index in [1.54, 1.807) is 0 Å². The molecule has 0 unspecified atom stereocenters. The highest BCUT2D eigenvalue weighted by molar-refractivity contribution is 8.13. The first-order valence-corrected chi connectivity index (χ1v) is 8.53. The summed E-state index contributed by atoms with van der Waals surface area (Å²) in [4.78, 5) is 18.4. The lowest BCUT2D eigenvalue weighted by molar-refractivity contribution is 0.0860. The SMILES string of the molecule is Cc1ccc(CSC2=NCCN2C(=O)c2ccc(F)c(F)c2)cc1. The zero-order chi connectivity index (χ0) is 17.1. The lowest BCUT2D eigenvalue weighted by Crippen LogP contribution is -2.33. The number of amides is 1. The van der Waals surface area contributed by atoms with E-state index in [0.717, 1.165) is 17.7 Å². The molecule has 0 N–H and O–H groups in total. The monoisotopic (exact) mass is 346 g/mol. The molecule has 1 amide bonds. The Morgan fingerprint density at radius 3 is 2.62 bits per heavy atom. The molecule has 0 atom stereocenters. The third-order valence-electron chi connectivity index (χ3n) is 3.70. The summed E-state index contributed by atoms with van der Waals surface area (Å²) in [6, 6.07) is 11.3. The molecular weight excluding hydrogens is 330 g/mol. The van der Waals surface area contributed by atoms with Crippen molar-refractivity contribution in [1.82, 2.24) is 4.90 Å². The number of halogens is 2. The maximum absolute atomic E-state index is 13.3. The van der Waals surface area contributed by atoms with Gasteiger partial charge in [0.2, 0.25) is 0 Å². The van der Waals surface area contributed by atoms with Gasteiger partial charge in [0.15, 0.2) is 16.8 Å². The zero-order valence-electron chi connectivity index (χ0n) is 13.1. The molecule has 0 fully saturated rings. The average molecular weight is 346 g/mol. The van der Waals surface area contributed by atoms with Gasteiger partial charge in [0.25, 0.3) is 5.91 Å². The van der Waals surface area contributed by atoms with Crippen LogP contribution < -0.4 is 0 Å². The van der Waals surface area contributed by atoms with Crippen molar-refractivity contribution in [2.75, 3.05) is 13.1 Å². The first-order valence-electron chi connectivity index (χ1n) is 7.54. The molecule has 1 aliphatic heterocycles. The number of carbonyl (C=O) groups excluding carboxylic acids is 1. The van der Waals surface area contributed by atoms with Crippen molar-refractivity contribution in [2.24, 2.45) is 4.99 Å². The van der Waals surface area contributed by atoms with Gasteiger partial charge in [-0.1, -0.05) is 41.6 Å². The minimum absolute atomic E-state index is 0.124.